The van der Waals surface area contributed by atoms with Crippen LogP contribution in [0.5, 0.6) is 5.75 Å². The summed E-state index contributed by atoms with van der Waals surface area (Å²) in [5.74, 6) is -0.146. The standard InChI is InChI=1S/C23H28FN3O3/c1-16(2)21(25-22(28)17-7-9-18(24)10-8-17)23(29)27-13-11-26(12-14-27)19-5-4-6-20(15-19)30-3/h4-10,15-16,21H,11-14H2,1-3H3,(H,25,28). The van der Waals surface area contributed by atoms with Crippen molar-refractivity contribution < 1.29 is 18.7 Å². The third kappa shape index (κ3) is 5.09. The molecule has 1 N–H and O–H groups in total. The molecule has 1 heterocycles. The highest BCUT2D eigenvalue weighted by Crippen LogP contribution is 2.22. The van der Waals surface area contributed by atoms with Gasteiger partial charge in [0.15, 0.2) is 0 Å². The Hall–Kier alpha value is -3.09. The van der Waals surface area contributed by atoms with Gasteiger partial charge in [-0.2, -0.15) is 0 Å². The zero-order valence-electron chi connectivity index (χ0n) is 17.6. The number of halogens is 1. The Morgan fingerprint density at radius 2 is 1.70 bits per heavy atom. The lowest BCUT2D eigenvalue weighted by atomic mass is 10.0. The number of methoxy groups -OCH3 is 1. The number of anilines is 1. The van der Waals surface area contributed by atoms with E-state index in [4.69, 9.17) is 4.74 Å². The molecule has 2 aromatic carbocycles. The summed E-state index contributed by atoms with van der Waals surface area (Å²) in [6, 6.07) is 12.5. The van der Waals surface area contributed by atoms with Crippen LogP contribution in [-0.4, -0.2) is 56.0 Å². The van der Waals surface area contributed by atoms with Crippen molar-refractivity contribution in [1.29, 1.82) is 0 Å². The third-order valence-corrected chi connectivity index (χ3v) is 5.34. The number of nitrogens with zero attached hydrogens (tertiary/aromatic N) is 2. The first kappa shape index (κ1) is 21.6. The molecule has 30 heavy (non-hydrogen) atoms. The van der Waals surface area contributed by atoms with Crippen LogP contribution in [-0.2, 0) is 4.79 Å². The van der Waals surface area contributed by atoms with E-state index in [1.807, 2.05) is 38.1 Å². The summed E-state index contributed by atoms with van der Waals surface area (Å²) in [7, 11) is 1.64. The van der Waals surface area contributed by atoms with Crippen LogP contribution in [0.4, 0.5) is 10.1 Å². The van der Waals surface area contributed by atoms with Crippen LogP contribution in [0.25, 0.3) is 0 Å². The Balaban J connectivity index is 1.62. The molecule has 1 atom stereocenters. The van der Waals surface area contributed by atoms with Crippen molar-refractivity contribution in [2.24, 2.45) is 5.92 Å². The average molecular weight is 413 g/mol. The number of nitrogens with one attached hydrogen (secondary N) is 1. The van der Waals surface area contributed by atoms with Crippen molar-refractivity contribution in [3.05, 3.63) is 59.9 Å². The minimum absolute atomic E-state index is 0.0710. The van der Waals surface area contributed by atoms with Gasteiger partial charge in [0.1, 0.15) is 17.6 Å². The van der Waals surface area contributed by atoms with Gasteiger partial charge >= 0.3 is 0 Å². The molecule has 2 amide bonds. The molecule has 1 fully saturated rings. The van der Waals surface area contributed by atoms with Gasteiger partial charge in [0.25, 0.3) is 5.91 Å². The highest BCUT2D eigenvalue weighted by Gasteiger charge is 2.31. The monoisotopic (exact) mass is 413 g/mol. The van der Waals surface area contributed by atoms with E-state index in [-0.39, 0.29) is 17.7 Å². The van der Waals surface area contributed by atoms with Crippen molar-refractivity contribution in [1.82, 2.24) is 10.2 Å². The first-order valence-corrected chi connectivity index (χ1v) is 10.1. The lowest BCUT2D eigenvalue weighted by Gasteiger charge is -2.38. The number of benzene rings is 2. The predicted molar refractivity (Wildman–Crippen MR) is 114 cm³/mol. The molecule has 7 heteroatoms. The molecule has 1 unspecified atom stereocenters. The molecular weight excluding hydrogens is 385 g/mol. The summed E-state index contributed by atoms with van der Waals surface area (Å²) in [4.78, 5) is 29.7. The van der Waals surface area contributed by atoms with Crippen molar-refractivity contribution in [3.8, 4) is 5.75 Å². The fourth-order valence-electron chi connectivity index (χ4n) is 3.53. The number of piperazine rings is 1. The van der Waals surface area contributed by atoms with Crippen LogP contribution < -0.4 is 15.0 Å². The summed E-state index contributed by atoms with van der Waals surface area (Å²) in [5.41, 5.74) is 1.39. The first-order valence-electron chi connectivity index (χ1n) is 10.1. The van der Waals surface area contributed by atoms with E-state index in [2.05, 4.69) is 10.2 Å². The summed E-state index contributed by atoms with van der Waals surface area (Å²) in [6.07, 6.45) is 0. The molecule has 0 spiro atoms. The van der Waals surface area contributed by atoms with Gasteiger partial charge in [-0.25, -0.2) is 4.39 Å². The number of rotatable bonds is 6. The maximum atomic E-state index is 13.1. The Morgan fingerprint density at radius 1 is 1.03 bits per heavy atom. The lowest BCUT2D eigenvalue weighted by molar-refractivity contribution is -0.134. The number of hydrogen-bond donors (Lipinski definition) is 1. The van der Waals surface area contributed by atoms with Gasteiger partial charge in [-0.15, -0.1) is 0 Å². The zero-order valence-corrected chi connectivity index (χ0v) is 17.6. The second-order valence-electron chi connectivity index (χ2n) is 7.72. The normalized spacial score (nSPS) is 15.1. The van der Waals surface area contributed by atoms with Crippen molar-refractivity contribution in [2.75, 3.05) is 38.2 Å². The maximum absolute atomic E-state index is 13.1. The van der Waals surface area contributed by atoms with Crippen LogP contribution in [0, 0.1) is 11.7 Å². The van der Waals surface area contributed by atoms with Crippen LogP contribution in [0.15, 0.2) is 48.5 Å². The largest absolute Gasteiger partial charge is 0.497 e. The van der Waals surface area contributed by atoms with Gasteiger partial charge in [-0.1, -0.05) is 19.9 Å². The molecule has 0 radical (unpaired) electrons. The topological polar surface area (TPSA) is 61.9 Å². The van der Waals surface area contributed by atoms with Crippen LogP contribution >= 0.6 is 0 Å². The second kappa shape index (κ2) is 9.61. The SMILES string of the molecule is COc1cccc(N2CCN(C(=O)C(NC(=O)c3ccc(F)cc3)C(C)C)CC2)c1. The van der Waals surface area contributed by atoms with E-state index in [1.54, 1.807) is 12.0 Å². The highest BCUT2D eigenvalue weighted by atomic mass is 19.1. The van der Waals surface area contributed by atoms with Gasteiger partial charge in [-0.05, 0) is 42.3 Å². The van der Waals surface area contributed by atoms with Crippen LogP contribution in [0.3, 0.4) is 0 Å². The summed E-state index contributed by atoms with van der Waals surface area (Å²) in [5, 5.41) is 2.82. The molecule has 1 saturated heterocycles. The van der Waals surface area contributed by atoms with Gasteiger partial charge in [0.05, 0.1) is 7.11 Å². The van der Waals surface area contributed by atoms with E-state index < -0.39 is 11.9 Å². The molecule has 2 aromatic rings. The smallest absolute Gasteiger partial charge is 0.251 e. The van der Waals surface area contributed by atoms with E-state index in [1.165, 1.54) is 24.3 Å². The fourth-order valence-corrected chi connectivity index (χ4v) is 3.53. The third-order valence-electron chi connectivity index (χ3n) is 5.34. The summed E-state index contributed by atoms with van der Waals surface area (Å²) >= 11 is 0. The van der Waals surface area contributed by atoms with Gasteiger partial charge in [0.2, 0.25) is 5.91 Å². The molecule has 0 bridgehead atoms. The molecule has 0 aromatic heterocycles. The van der Waals surface area contributed by atoms with Crippen molar-refractivity contribution >= 4 is 17.5 Å². The number of carbonyl (C=O) groups is 2. The Bertz CT molecular complexity index is 878. The molecule has 3 rings (SSSR count). The Kier molecular flexibility index (Phi) is 6.92. The van der Waals surface area contributed by atoms with Gasteiger partial charge in [-0.3, -0.25) is 9.59 Å². The average Bonchev–Trinajstić information content (AvgIpc) is 2.77. The minimum Gasteiger partial charge on any atom is -0.497 e. The summed E-state index contributed by atoms with van der Waals surface area (Å²) in [6.45, 7) is 6.36. The number of hydrogen-bond acceptors (Lipinski definition) is 4. The van der Waals surface area contributed by atoms with E-state index in [0.29, 0.717) is 31.7 Å². The maximum Gasteiger partial charge on any atom is 0.251 e. The van der Waals surface area contributed by atoms with Gasteiger partial charge in [0, 0.05) is 43.5 Å². The lowest BCUT2D eigenvalue weighted by Crippen LogP contribution is -2.56. The summed E-state index contributed by atoms with van der Waals surface area (Å²) < 4.78 is 18.4. The number of ether oxygens (including phenoxy) is 1. The highest BCUT2D eigenvalue weighted by molar-refractivity contribution is 5.97. The molecule has 0 aliphatic carbocycles. The molecule has 1 aliphatic heterocycles. The number of carbonyl (C=O) groups excluding carboxylic acids is 2. The van der Waals surface area contributed by atoms with Crippen LogP contribution in [0.2, 0.25) is 0 Å². The van der Waals surface area contributed by atoms with E-state index in [9.17, 15) is 14.0 Å². The Morgan fingerprint density at radius 3 is 2.30 bits per heavy atom. The zero-order chi connectivity index (χ0) is 21.7. The quantitative estimate of drug-likeness (QED) is 0.791. The number of amides is 2. The first-order chi connectivity index (χ1) is 14.4. The minimum atomic E-state index is -0.633. The molecule has 0 saturated carbocycles. The van der Waals surface area contributed by atoms with E-state index >= 15 is 0 Å². The second-order valence-corrected chi connectivity index (χ2v) is 7.72. The van der Waals surface area contributed by atoms with Gasteiger partial charge < -0.3 is 19.9 Å². The molecule has 6 nitrogen and oxygen atoms in total. The fraction of sp³-hybridized carbons (Fsp3) is 0.391. The molecular formula is C23H28FN3O3. The molecule has 160 valence electrons. The predicted octanol–water partition coefficient (Wildman–Crippen LogP) is 2.94. The van der Waals surface area contributed by atoms with Crippen molar-refractivity contribution in [2.45, 2.75) is 19.9 Å². The van der Waals surface area contributed by atoms with Crippen LogP contribution in [0.1, 0.15) is 24.2 Å². The molecule has 1 aliphatic rings. The van der Waals surface area contributed by atoms with Crippen molar-refractivity contribution in [3.63, 3.8) is 0 Å². The van der Waals surface area contributed by atoms with E-state index in [0.717, 1.165) is 11.4 Å². The Labute approximate surface area is 176 Å².